The summed E-state index contributed by atoms with van der Waals surface area (Å²) in [5, 5.41) is 14.4. The quantitative estimate of drug-likeness (QED) is 0.553. The van der Waals surface area contributed by atoms with Gasteiger partial charge in [-0.15, -0.1) is 0 Å². The molecule has 0 aliphatic carbocycles. The Labute approximate surface area is 148 Å². The first kappa shape index (κ1) is 19.1. The van der Waals surface area contributed by atoms with Crippen LogP contribution in [0.15, 0.2) is 36.4 Å². The van der Waals surface area contributed by atoms with E-state index in [1.165, 1.54) is 11.1 Å². The Bertz CT molecular complexity index is 549. The number of rotatable bonds is 4. The summed E-state index contributed by atoms with van der Waals surface area (Å²) < 4.78 is 10.1. The topological polar surface area (TPSA) is 64.3 Å². The summed E-state index contributed by atoms with van der Waals surface area (Å²) in [6.45, 7) is 4.59. The molecule has 2 aromatic carbocycles. The summed E-state index contributed by atoms with van der Waals surface area (Å²) in [7, 11) is 0. The number of hydrogen-bond acceptors (Lipinski definition) is 2. The maximum absolute atomic E-state index is 7.20. The van der Waals surface area contributed by atoms with Crippen LogP contribution in [0.2, 0.25) is 0 Å². The van der Waals surface area contributed by atoms with Gasteiger partial charge in [-0.3, -0.25) is 0 Å². The van der Waals surface area contributed by atoms with E-state index in [9.17, 15) is 0 Å². The van der Waals surface area contributed by atoms with E-state index >= 15 is 0 Å². The van der Waals surface area contributed by atoms with Gasteiger partial charge in [0.2, 0.25) is 0 Å². The third-order valence-electron chi connectivity index (χ3n) is 3.03. The van der Waals surface area contributed by atoms with Gasteiger partial charge in [-0.2, -0.15) is 0 Å². The molecule has 0 amide bonds. The maximum atomic E-state index is 7.20. The molecule has 0 heterocycles. The minimum absolute atomic E-state index is 0.283. The standard InChI is InChI=1S/2C8H9GeO2/c2*1-6-2-3-8(11-9)7(4-6)5-10/h2*2-4,10H,5H2,1H3/p+2. The second-order valence-corrected chi connectivity index (χ2v) is 5.64. The molecule has 4 N–H and O–H groups in total. The SMILES string of the molecule is Cc1ccc([O][Ge])c(C[OH2+])c1.Cc1ccc([O][Ge])c(C[OH2+])c1. The fourth-order valence-electron chi connectivity index (χ4n) is 1.89. The number of benzene rings is 2. The van der Waals surface area contributed by atoms with Crippen LogP contribution in [0.3, 0.4) is 0 Å². The van der Waals surface area contributed by atoms with Crippen LogP contribution in [0, 0.1) is 13.8 Å². The van der Waals surface area contributed by atoms with Gasteiger partial charge in [0.15, 0.2) is 0 Å². The molecule has 0 unspecified atom stereocenters. The molecule has 0 aliphatic heterocycles. The number of hydrogen-bond donors (Lipinski definition) is 0. The van der Waals surface area contributed by atoms with E-state index < -0.39 is 0 Å². The molecular formula is C16H20Ge2O4+2. The van der Waals surface area contributed by atoms with Crippen molar-refractivity contribution in [1.82, 2.24) is 0 Å². The van der Waals surface area contributed by atoms with Gasteiger partial charge in [0.25, 0.3) is 0 Å². The summed E-state index contributed by atoms with van der Waals surface area (Å²) in [6, 6.07) is 11.7. The Balaban J connectivity index is 0.000000220. The summed E-state index contributed by atoms with van der Waals surface area (Å²) in [4.78, 5) is 0. The van der Waals surface area contributed by atoms with Gasteiger partial charge in [0, 0.05) is 0 Å². The molecule has 0 bridgehead atoms. The molecule has 0 aliphatic rings. The van der Waals surface area contributed by atoms with Gasteiger partial charge in [0.1, 0.15) is 0 Å². The molecule has 0 fully saturated rings. The molecule has 0 aromatic heterocycles. The second-order valence-electron chi connectivity index (χ2n) is 4.78. The summed E-state index contributed by atoms with van der Waals surface area (Å²) in [5.74, 6) is 1.62. The Morgan fingerprint density at radius 3 is 1.41 bits per heavy atom. The van der Waals surface area contributed by atoms with E-state index in [4.69, 9.17) is 17.7 Å². The number of aryl methyl sites for hydroxylation is 2. The molecule has 2 rings (SSSR count). The summed E-state index contributed by atoms with van der Waals surface area (Å²) in [6.07, 6.45) is 0. The predicted octanol–water partition coefficient (Wildman–Crippen LogP) is 1.36. The van der Waals surface area contributed by atoms with E-state index in [0.29, 0.717) is 0 Å². The van der Waals surface area contributed by atoms with E-state index in [2.05, 4.69) is 0 Å². The van der Waals surface area contributed by atoms with Crippen molar-refractivity contribution in [1.29, 1.82) is 0 Å². The van der Waals surface area contributed by atoms with Crippen molar-refractivity contribution >= 4 is 33.7 Å². The van der Waals surface area contributed by atoms with Gasteiger partial charge in [-0.25, -0.2) is 0 Å². The molecule has 0 atom stereocenters. The van der Waals surface area contributed by atoms with Crippen molar-refractivity contribution in [2.45, 2.75) is 27.1 Å². The minimum atomic E-state index is 0.283. The molecule has 114 valence electrons. The van der Waals surface area contributed by atoms with Crippen LogP contribution in [0.5, 0.6) is 11.5 Å². The zero-order valence-electron chi connectivity index (χ0n) is 12.7. The van der Waals surface area contributed by atoms with E-state index in [1.807, 2.05) is 50.2 Å². The Hall–Kier alpha value is -0.954. The normalized spacial score (nSPS) is 9.73. The van der Waals surface area contributed by atoms with Gasteiger partial charge < -0.3 is 0 Å². The molecule has 0 saturated heterocycles. The van der Waals surface area contributed by atoms with Crippen LogP contribution in [-0.2, 0) is 13.2 Å². The zero-order valence-corrected chi connectivity index (χ0v) is 16.9. The van der Waals surface area contributed by atoms with Gasteiger partial charge >= 0.3 is 149 Å². The van der Waals surface area contributed by atoms with Crippen LogP contribution in [0.4, 0.5) is 0 Å². The average Bonchev–Trinajstić information content (AvgIpc) is 2.55. The molecule has 6 heteroatoms. The fourth-order valence-corrected chi connectivity index (χ4v) is 2.73. The first-order valence-electron chi connectivity index (χ1n) is 6.71. The van der Waals surface area contributed by atoms with E-state index in [1.54, 1.807) is 33.7 Å². The van der Waals surface area contributed by atoms with Crippen LogP contribution >= 0.6 is 0 Å². The Morgan fingerprint density at radius 1 is 0.773 bits per heavy atom. The van der Waals surface area contributed by atoms with Crippen LogP contribution in [0.1, 0.15) is 22.3 Å². The molecular weight excluding hydrogens is 401 g/mol. The molecule has 22 heavy (non-hydrogen) atoms. The van der Waals surface area contributed by atoms with Crippen LogP contribution in [-0.4, -0.2) is 43.9 Å². The molecule has 2 aromatic rings. The van der Waals surface area contributed by atoms with Crippen molar-refractivity contribution in [3.63, 3.8) is 0 Å². The van der Waals surface area contributed by atoms with Crippen molar-refractivity contribution in [3.05, 3.63) is 58.7 Å². The first-order chi connectivity index (χ1) is 10.5. The molecule has 6 radical (unpaired) electrons. The van der Waals surface area contributed by atoms with Crippen LogP contribution < -0.4 is 7.53 Å². The van der Waals surface area contributed by atoms with Gasteiger partial charge in [-0.1, -0.05) is 0 Å². The van der Waals surface area contributed by atoms with Crippen molar-refractivity contribution < 1.29 is 17.7 Å². The van der Waals surface area contributed by atoms with Crippen molar-refractivity contribution in [3.8, 4) is 11.5 Å². The summed E-state index contributed by atoms with van der Waals surface area (Å²) >= 11 is 3.26. The predicted molar refractivity (Wildman–Crippen MR) is 89.8 cm³/mol. The fraction of sp³-hybridized carbons (Fsp3) is 0.250. The third-order valence-corrected chi connectivity index (χ3v) is 3.96. The van der Waals surface area contributed by atoms with Crippen molar-refractivity contribution in [2.75, 3.05) is 0 Å². The molecule has 0 spiro atoms. The summed E-state index contributed by atoms with van der Waals surface area (Å²) in [5.41, 5.74) is 4.25. The molecule has 0 saturated carbocycles. The van der Waals surface area contributed by atoms with Gasteiger partial charge in [-0.05, 0) is 0 Å². The zero-order chi connectivity index (χ0) is 16.5. The monoisotopic (exact) mass is 424 g/mol. The third kappa shape index (κ3) is 5.68. The Kier molecular flexibility index (Phi) is 8.63. The Morgan fingerprint density at radius 2 is 1.14 bits per heavy atom. The van der Waals surface area contributed by atoms with Crippen molar-refractivity contribution in [2.24, 2.45) is 0 Å². The van der Waals surface area contributed by atoms with Gasteiger partial charge in [0.05, 0.1) is 0 Å². The first-order valence-corrected chi connectivity index (χ1v) is 8.42. The second kappa shape index (κ2) is 9.94. The van der Waals surface area contributed by atoms with E-state index in [0.717, 1.165) is 22.6 Å². The van der Waals surface area contributed by atoms with E-state index in [-0.39, 0.29) is 13.2 Å². The average molecular weight is 422 g/mol. The van der Waals surface area contributed by atoms with Crippen LogP contribution in [0.25, 0.3) is 0 Å². The molecule has 4 nitrogen and oxygen atoms in total.